The lowest BCUT2D eigenvalue weighted by Crippen LogP contribution is -2.38. The Morgan fingerprint density at radius 3 is 2.26 bits per heavy atom. The molecule has 1 nitrogen and oxygen atoms in total. The maximum atomic E-state index is 3.70. The molecule has 0 saturated heterocycles. The Kier molecular flexibility index (Phi) is 6.19. The Morgan fingerprint density at radius 1 is 0.947 bits per heavy atom. The van der Waals surface area contributed by atoms with Gasteiger partial charge in [0.15, 0.2) is 0 Å². The van der Waals surface area contributed by atoms with E-state index in [1.165, 1.54) is 64.3 Å². The molecule has 0 bridgehead atoms. The van der Waals surface area contributed by atoms with Gasteiger partial charge in [-0.05, 0) is 55.9 Å². The van der Waals surface area contributed by atoms with Crippen LogP contribution >= 0.6 is 0 Å². The van der Waals surface area contributed by atoms with Crippen molar-refractivity contribution in [2.24, 2.45) is 23.7 Å². The van der Waals surface area contributed by atoms with Gasteiger partial charge in [0.05, 0.1) is 0 Å². The van der Waals surface area contributed by atoms with Gasteiger partial charge < -0.3 is 5.32 Å². The number of rotatable bonds is 5. The Morgan fingerprint density at radius 2 is 1.63 bits per heavy atom. The molecule has 2 saturated carbocycles. The van der Waals surface area contributed by atoms with Crippen LogP contribution in [-0.2, 0) is 0 Å². The molecular weight excluding hydrogens is 230 g/mol. The SMILES string of the molecule is CCC1CCC(C2CCCCC2CNC(C)C)CC1. The molecule has 0 amide bonds. The lowest BCUT2D eigenvalue weighted by Gasteiger charge is -2.41. The van der Waals surface area contributed by atoms with Gasteiger partial charge in [-0.2, -0.15) is 0 Å². The predicted molar refractivity (Wildman–Crippen MR) is 84.3 cm³/mol. The highest BCUT2D eigenvalue weighted by Gasteiger charge is 2.33. The van der Waals surface area contributed by atoms with E-state index in [0.717, 1.165) is 23.7 Å². The highest BCUT2D eigenvalue weighted by molar-refractivity contribution is 4.85. The van der Waals surface area contributed by atoms with Crippen molar-refractivity contribution < 1.29 is 0 Å². The third kappa shape index (κ3) is 4.48. The molecule has 2 aliphatic rings. The van der Waals surface area contributed by atoms with Gasteiger partial charge in [-0.15, -0.1) is 0 Å². The fourth-order valence-corrected chi connectivity index (χ4v) is 4.52. The van der Waals surface area contributed by atoms with E-state index < -0.39 is 0 Å². The van der Waals surface area contributed by atoms with Crippen LogP contribution in [0.15, 0.2) is 0 Å². The Balaban J connectivity index is 1.85. The quantitative estimate of drug-likeness (QED) is 0.737. The summed E-state index contributed by atoms with van der Waals surface area (Å²) in [5.41, 5.74) is 0. The van der Waals surface area contributed by atoms with Crippen LogP contribution in [0.4, 0.5) is 0 Å². The first-order valence-electron chi connectivity index (χ1n) is 8.94. The molecule has 0 heterocycles. The second kappa shape index (κ2) is 7.67. The van der Waals surface area contributed by atoms with Crippen LogP contribution < -0.4 is 5.32 Å². The molecule has 112 valence electrons. The van der Waals surface area contributed by atoms with Crippen LogP contribution in [-0.4, -0.2) is 12.6 Å². The van der Waals surface area contributed by atoms with Crippen molar-refractivity contribution in [2.45, 2.75) is 84.6 Å². The van der Waals surface area contributed by atoms with Gasteiger partial charge in [-0.3, -0.25) is 0 Å². The van der Waals surface area contributed by atoms with E-state index in [4.69, 9.17) is 0 Å². The topological polar surface area (TPSA) is 12.0 Å². The van der Waals surface area contributed by atoms with Crippen LogP contribution in [0.5, 0.6) is 0 Å². The molecule has 0 aliphatic heterocycles. The normalized spacial score (nSPS) is 36.6. The van der Waals surface area contributed by atoms with E-state index in [2.05, 4.69) is 26.1 Å². The fraction of sp³-hybridized carbons (Fsp3) is 1.00. The molecule has 19 heavy (non-hydrogen) atoms. The van der Waals surface area contributed by atoms with E-state index in [9.17, 15) is 0 Å². The molecule has 0 aromatic carbocycles. The smallest absolute Gasteiger partial charge is 0.00104 e. The molecule has 0 radical (unpaired) electrons. The van der Waals surface area contributed by atoms with Gasteiger partial charge in [-0.1, -0.05) is 52.9 Å². The van der Waals surface area contributed by atoms with Crippen molar-refractivity contribution in [1.29, 1.82) is 0 Å². The molecule has 0 spiro atoms. The zero-order chi connectivity index (χ0) is 13.7. The molecule has 1 heteroatoms. The third-order valence-corrected chi connectivity index (χ3v) is 5.83. The van der Waals surface area contributed by atoms with Gasteiger partial charge in [0.1, 0.15) is 0 Å². The van der Waals surface area contributed by atoms with Gasteiger partial charge in [0.2, 0.25) is 0 Å². The van der Waals surface area contributed by atoms with Gasteiger partial charge in [-0.25, -0.2) is 0 Å². The lowest BCUT2D eigenvalue weighted by atomic mass is 9.66. The molecule has 0 aromatic rings. The number of hydrogen-bond acceptors (Lipinski definition) is 1. The summed E-state index contributed by atoms with van der Waals surface area (Å²) in [6.45, 7) is 8.21. The van der Waals surface area contributed by atoms with Gasteiger partial charge >= 0.3 is 0 Å². The van der Waals surface area contributed by atoms with E-state index in [-0.39, 0.29) is 0 Å². The predicted octanol–water partition coefficient (Wildman–Crippen LogP) is 5.01. The largest absolute Gasteiger partial charge is 0.314 e. The van der Waals surface area contributed by atoms with Crippen LogP contribution in [0.3, 0.4) is 0 Å². The monoisotopic (exact) mass is 265 g/mol. The molecule has 0 aromatic heterocycles. The Labute approximate surface area is 120 Å². The Hall–Kier alpha value is -0.0400. The maximum absolute atomic E-state index is 3.70. The zero-order valence-corrected chi connectivity index (χ0v) is 13.5. The summed E-state index contributed by atoms with van der Waals surface area (Å²) in [5, 5.41) is 3.70. The maximum Gasteiger partial charge on any atom is 0.00104 e. The molecule has 2 rings (SSSR count). The molecule has 2 atom stereocenters. The molecular formula is C18H35N. The summed E-state index contributed by atoms with van der Waals surface area (Å²) in [6.07, 6.45) is 13.5. The highest BCUT2D eigenvalue weighted by atomic mass is 14.9. The minimum Gasteiger partial charge on any atom is -0.314 e. The van der Waals surface area contributed by atoms with Crippen LogP contribution in [0.1, 0.15) is 78.6 Å². The molecule has 2 aliphatic carbocycles. The summed E-state index contributed by atoms with van der Waals surface area (Å²) in [6, 6.07) is 0.651. The van der Waals surface area contributed by atoms with E-state index in [1.807, 2.05) is 0 Å². The average Bonchev–Trinajstić information content (AvgIpc) is 2.45. The first-order chi connectivity index (χ1) is 9.20. The number of hydrogen-bond donors (Lipinski definition) is 1. The molecule has 1 N–H and O–H groups in total. The van der Waals surface area contributed by atoms with E-state index in [0.29, 0.717) is 6.04 Å². The van der Waals surface area contributed by atoms with Gasteiger partial charge in [0.25, 0.3) is 0 Å². The van der Waals surface area contributed by atoms with Crippen molar-refractivity contribution in [3.05, 3.63) is 0 Å². The summed E-state index contributed by atoms with van der Waals surface area (Å²) in [4.78, 5) is 0. The summed E-state index contributed by atoms with van der Waals surface area (Å²) in [5.74, 6) is 4.12. The van der Waals surface area contributed by atoms with E-state index in [1.54, 1.807) is 0 Å². The van der Waals surface area contributed by atoms with E-state index >= 15 is 0 Å². The second-order valence-corrected chi connectivity index (χ2v) is 7.46. The number of nitrogens with one attached hydrogen (secondary N) is 1. The minimum absolute atomic E-state index is 0.651. The highest BCUT2D eigenvalue weighted by Crippen LogP contribution is 2.43. The third-order valence-electron chi connectivity index (χ3n) is 5.83. The summed E-state index contributed by atoms with van der Waals surface area (Å²) in [7, 11) is 0. The first kappa shape index (κ1) is 15.4. The fourth-order valence-electron chi connectivity index (χ4n) is 4.52. The van der Waals surface area contributed by atoms with Gasteiger partial charge in [0, 0.05) is 6.04 Å². The lowest BCUT2D eigenvalue weighted by molar-refractivity contribution is 0.109. The van der Waals surface area contributed by atoms with Crippen molar-refractivity contribution in [1.82, 2.24) is 5.32 Å². The van der Waals surface area contributed by atoms with Crippen LogP contribution in [0.25, 0.3) is 0 Å². The summed E-state index contributed by atoms with van der Waals surface area (Å²) >= 11 is 0. The van der Waals surface area contributed by atoms with Crippen molar-refractivity contribution in [2.75, 3.05) is 6.54 Å². The second-order valence-electron chi connectivity index (χ2n) is 7.46. The standard InChI is InChI=1S/C18H35N/c1-4-15-9-11-16(12-10-15)18-8-6-5-7-17(18)13-19-14(2)3/h14-19H,4-13H2,1-3H3. The van der Waals surface area contributed by atoms with Crippen molar-refractivity contribution in [3.8, 4) is 0 Å². The zero-order valence-electron chi connectivity index (χ0n) is 13.5. The Bertz CT molecular complexity index is 240. The molecule has 2 unspecified atom stereocenters. The first-order valence-corrected chi connectivity index (χ1v) is 8.94. The van der Waals surface area contributed by atoms with Crippen molar-refractivity contribution in [3.63, 3.8) is 0 Å². The van der Waals surface area contributed by atoms with Crippen LogP contribution in [0, 0.1) is 23.7 Å². The summed E-state index contributed by atoms with van der Waals surface area (Å²) < 4.78 is 0. The molecule has 2 fully saturated rings. The minimum atomic E-state index is 0.651. The van der Waals surface area contributed by atoms with Crippen LogP contribution in [0.2, 0.25) is 0 Å². The van der Waals surface area contributed by atoms with Crippen molar-refractivity contribution >= 4 is 0 Å². The average molecular weight is 265 g/mol.